The van der Waals surface area contributed by atoms with Crippen molar-refractivity contribution in [1.82, 2.24) is 8.46 Å². The lowest BCUT2D eigenvalue weighted by Crippen LogP contribution is -2.42. The SMILES string of the molecule is CCN(C)[SiH2]N([SiH2]C)[SiH2]C. The summed E-state index contributed by atoms with van der Waals surface area (Å²) in [6.07, 6.45) is 0. The van der Waals surface area contributed by atoms with Crippen LogP contribution in [0.25, 0.3) is 0 Å². The van der Waals surface area contributed by atoms with Crippen LogP contribution in [0, 0.1) is 0 Å². The van der Waals surface area contributed by atoms with Crippen LogP contribution < -0.4 is 0 Å². The Balaban J connectivity index is 3.41. The van der Waals surface area contributed by atoms with Gasteiger partial charge in [-0.2, -0.15) is 0 Å². The van der Waals surface area contributed by atoms with E-state index in [1.54, 1.807) is 0 Å². The molecule has 0 amide bonds. The molecule has 0 saturated carbocycles. The minimum atomic E-state index is 0.0397. The molecule has 0 atom stereocenters. The average molecular weight is 192 g/mol. The predicted molar refractivity (Wildman–Crippen MR) is 57.5 cm³/mol. The van der Waals surface area contributed by atoms with Gasteiger partial charge in [-0.15, -0.1) is 0 Å². The molecule has 0 aromatic carbocycles. The maximum absolute atomic E-state index is 2.82. The van der Waals surface area contributed by atoms with Crippen molar-refractivity contribution in [2.45, 2.75) is 20.0 Å². The molecule has 0 radical (unpaired) electrons. The summed E-state index contributed by atoms with van der Waals surface area (Å²) < 4.78 is 5.34. The van der Waals surface area contributed by atoms with E-state index in [1.165, 1.54) is 6.54 Å². The van der Waals surface area contributed by atoms with E-state index >= 15 is 0 Å². The second-order valence-corrected chi connectivity index (χ2v) is 10.6. The molecular weight excluding hydrogens is 172 g/mol. The Labute approximate surface area is 71.8 Å². The van der Waals surface area contributed by atoms with Gasteiger partial charge in [-0.3, -0.25) is 0 Å². The lowest BCUT2D eigenvalue weighted by Gasteiger charge is -2.23. The van der Waals surface area contributed by atoms with E-state index in [9.17, 15) is 0 Å². The molecule has 0 saturated heterocycles. The van der Waals surface area contributed by atoms with Gasteiger partial charge in [-0.05, 0) is 13.6 Å². The highest BCUT2D eigenvalue weighted by molar-refractivity contribution is 6.63. The summed E-state index contributed by atoms with van der Waals surface area (Å²) >= 11 is 0. The molecule has 0 fully saturated rings. The summed E-state index contributed by atoms with van der Waals surface area (Å²) in [5, 5.41) is 0. The first kappa shape index (κ1) is 10.6. The van der Waals surface area contributed by atoms with Crippen molar-refractivity contribution in [3.05, 3.63) is 0 Å². The van der Waals surface area contributed by atoms with Crippen LogP contribution in [-0.4, -0.2) is 51.3 Å². The standard InChI is InChI=1S/C5H20N2Si3/c1-5-6(2)10-7(8-3)9-4/h5,8-10H2,1-4H3. The Morgan fingerprint density at radius 2 is 1.70 bits per heavy atom. The van der Waals surface area contributed by atoms with Crippen molar-refractivity contribution in [1.29, 1.82) is 0 Å². The fourth-order valence-corrected chi connectivity index (χ4v) is 7.19. The van der Waals surface area contributed by atoms with Crippen LogP contribution in [0.1, 0.15) is 6.92 Å². The minimum absolute atomic E-state index is 0.0397. The fourth-order valence-electron chi connectivity index (χ4n) is 0.865. The number of hydrogen-bond donors (Lipinski definition) is 0. The largest absolute Gasteiger partial charge is 0.371 e. The molecule has 5 heteroatoms. The van der Waals surface area contributed by atoms with E-state index in [4.69, 9.17) is 0 Å². The number of hydrogen-bond acceptors (Lipinski definition) is 2. The molecule has 0 aromatic rings. The molecule has 0 N–H and O–H groups in total. The first-order valence-electron chi connectivity index (χ1n) is 4.15. The molecule has 0 aromatic heterocycles. The van der Waals surface area contributed by atoms with Crippen molar-refractivity contribution < 1.29 is 0 Å². The maximum Gasteiger partial charge on any atom is 0.158 e. The second kappa shape index (κ2) is 6.29. The van der Waals surface area contributed by atoms with Crippen LogP contribution in [0.5, 0.6) is 0 Å². The van der Waals surface area contributed by atoms with Crippen molar-refractivity contribution >= 4 is 29.2 Å². The third-order valence-electron chi connectivity index (χ3n) is 1.88. The maximum atomic E-state index is 2.82. The summed E-state index contributed by atoms with van der Waals surface area (Å²) in [5.74, 6) is 0. The van der Waals surface area contributed by atoms with E-state index in [1.807, 2.05) is 0 Å². The van der Waals surface area contributed by atoms with Gasteiger partial charge in [0.05, 0.1) is 19.4 Å². The van der Waals surface area contributed by atoms with E-state index in [2.05, 4.69) is 35.5 Å². The predicted octanol–water partition coefficient (Wildman–Crippen LogP) is -1.50. The van der Waals surface area contributed by atoms with Gasteiger partial charge in [0.25, 0.3) is 0 Å². The zero-order valence-electron chi connectivity index (χ0n) is 7.72. The van der Waals surface area contributed by atoms with Gasteiger partial charge < -0.3 is 8.46 Å². The first-order chi connectivity index (χ1) is 4.74. The highest BCUT2D eigenvalue weighted by Crippen LogP contribution is 1.83. The molecule has 0 rings (SSSR count). The summed E-state index contributed by atoms with van der Waals surface area (Å²) in [5.41, 5.74) is 0. The van der Waals surface area contributed by atoms with E-state index in [0.29, 0.717) is 0 Å². The number of nitrogens with zero attached hydrogens (tertiary/aromatic N) is 2. The van der Waals surface area contributed by atoms with E-state index < -0.39 is 0 Å². The number of rotatable bonds is 5. The van der Waals surface area contributed by atoms with Crippen LogP contribution in [0.15, 0.2) is 0 Å². The summed E-state index contributed by atoms with van der Waals surface area (Å²) in [6.45, 7) is 8.31. The highest BCUT2D eigenvalue weighted by Gasteiger charge is 2.01. The van der Waals surface area contributed by atoms with Crippen LogP contribution in [0.3, 0.4) is 0 Å². The van der Waals surface area contributed by atoms with Gasteiger partial charge in [-0.1, -0.05) is 20.0 Å². The summed E-state index contributed by atoms with van der Waals surface area (Å²) in [4.78, 5) is 0. The molecule has 0 bridgehead atoms. The quantitative estimate of drug-likeness (QED) is 0.490. The van der Waals surface area contributed by atoms with E-state index in [0.717, 1.165) is 0 Å². The van der Waals surface area contributed by atoms with Gasteiger partial charge in [0.2, 0.25) is 0 Å². The normalized spacial score (nSPS) is 15.0. The van der Waals surface area contributed by atoms with Crippen molar-refractivity contribution in [3.63, 3.8) is 0 Å². The van der Waals surface area contributed by atoms with Gasteiger partial charge in [-0.25, -0.2) is 0 Å². The van der Waals surface area contributed by atoms with Crippen molar-refractivity contribution in [2.75, 3.05) is 13.6 Å². The smallest absolute Gasteiger partial charge is 0.158 e. The molecule has 62 valence electrons. The zero-order chi connectivity index (χ0) is 7.98. The van der Waals surface area contributed by atoms with Crippen molar-refractivity contribution in [2.24, 2.45) is 0 Å². The Hall–Kier alpha value is 0.571. The molecule has 0 unspecified atom stereocenters. The van der Waals surface area contributed by atoms with Crippen LogP contribution in [0.2, 0.25) is 13.1 Å². The Morgan fingerprint density at radius 1 is 1.20 bits per heavy atom. The topological polar surface area (TPSA) is 6.48 Å². The second-order valence-electron chi connectivity index (χ2n) is 2.62. The summed E-state index contributed by atoms with van der Waals surface area (Å²) in [7, 11) is 2.68. The zero-order valence-corrected chi connectivity index (χ0v) is 12.0. The fraction of sp³-hybridized carbons (Fsp3) is 1.00. The Morgan fingerprint density at radius 3 is 2.00 bits per heavy atom. The van der Waals surface area contributed by atoms with Crippen LogP contribution in [-0.2, 0) is 0 Å². The molecule has 0 spiro atoms. The summed E-state index contributed by atoms with van der Waals surface area (Å²) in [6, 6.07) is 0. The van der Waals surface area contributed by atoms with Crippen molar-refractivity contribution in [3.8, 4) is 0 Å². The molecule has 0 aliphatic rings. The van der Waals surface area contributed by atoms with Crippen LogP contribution >= 0.6 is 0 Å². The lowest BCUT2D eigenvalue weighted by molar-refractivity contribution is 0.549. The molecule has 0 aliphatic carbocycles. The molecule has 10 heavy (non-hydrogen) atoms. The molecular formula is C5H20N2Si3. The third kappa shape index (κ3) is 4.40. The average Bonchev–Trinajstić information content (AvgIpc) is 1.99. The lowest BCUT2D eigenvalue weighted by atomic mass is 10.8. The minimum Gasteiger partial charge on any atom is -0.371 e. The first-order valence-corrected chi connectivity index (χ1v) is 9.51. The highest BCUT2D eigenvalue weighted by atomic mass is 28.4. The molecule has 0 aliphatic heterocycles. The van der Waals surface area contributed by atoms with Gasteiger partial charge in [0.1, 0.15) is 0 Å². The molecule has 2 nitrogen and oxygen atoms in total. The van der Waals surface area contributed by atoms with Gasteiger partial charge in [0.15, 0.2) is 9.84 Å². The van der Waals surface area contributed by atoms with Crippen LogP contribution in [0.4, 0.5) is 0 Å². The Bertz CT molecular complexity index is 77.3. The van der Waals surface area contributed by atoms with Gasteiger partial charge in [0, 0.05) is 0 Å². The van der Waals surface area contributed by atoms with E-state index in [-0.39, 0.29) is 29.2 Å². The molecule has 0 heterocycles. The Kier molecular flexibility index (Phi) is 6.65. The van der Waals surface area contributed by atoms with Gasteiger partial charge >= 0.3 is 0 Å². The third-order valence-corrected chi connectivity index (χ3v) is 11.6. The monoisotopic (exact) mass is 192 g/mol.